The fraction of sp³-hybridized carbons (Fsp3) is 0. The van der Waals surface area contributed by atoms with Crippen molar-refractivity contribution in [3.63, 3.8) is 0 Å². The number of hydrogen-bond acceptors (Lipinski definition) is 2. The molecule has 0 aromatic carbocycles. The van der Waals surface area contributed by atoms with E-state index < -0.39 is 0 Å². The van der Waals surface area contributed by atoms with E-state index in [1.807, 2.05) is 0 Å². The predicted octanol–water partition coefficient (Wildman–Crippen LogP) is 2.87. The molecule has 0 saturated carbocycles. The van der Waals surface area contributed by atoms with E-state index in [0.29, 0.717) is 16.5 Å². The maximum atomic E-state index is 5.65. The Kier molecular flexibility index (Phi) is 3.12. The summed E-state index contributed by atoms with van der Waals surface area (Å²) in [7, 11) is 0. The van der Waals surface area contributed by atoms with E-state index in [-0.39, 0.29) is 0 Å². The fourth-order valence-electron chi connectivity index (χ4n) is 0.636. The molecule has 2 nitrogen and oxygen atoms in total. The van der Waals surface area contributed by atoms with Crippen LogP contribution in [0, 0.1) is 0 Å². The largest absolute Gasteiger partial charge is 0.176 e. The summed E-state index contributed by atoms with van der Waals surface area (Å²) in [6, 6.07) is 0. The quantitative estimate of drug-likeness (QED) is 0.548. The molecule has 0 aromatic heterocycles. The molecule has 0 fully saturated rings. The normalized spacial score (nSPS) is 24.5. The van der Waals surface area contributed by atoms with E-state index in [0.717, 1.165) is 0 Å². The van der Waals surface area contributed by atoms with Crippen molar-refractivity contribution in [2.75, 3.05) is 0 Å². The van der Waals surface area contributed by atoms with Gasteiger partial charge in [-0.25, -0.2) is 0 Å². The Morgan fingerprint density at radius 1 is 1.00 bits per heavy atom. The highest BCUT2D eigenvalue weighted by molar-refractivity contribution is 6.57. The van der Waals surface area contributed by atoms with Crippen molar-refractivity contribution >= 4 is 46.6 Å². The average molecular weight is 209 g/mol. The van der Waals surface area contributed by atoms with Gasteiger partial charge in [0.15, 0.2) is 0 Å². The van der Waals surface area contributed by atoms with Crippen molar-refractivity contribution in [3.8, 4) is 0 Å². The molecule has 0 saturated heterocycles. The number of hydrogen-bond donors (Lipinski definition) is 0. The predicted molar refractivity (Wildman–Crippen MR) is 49.7 cm³/mol. The zero-order valence-electron chi connectivity index (χ0n) is 5.26. The number of nitrogens with zero attached hydrogens (tertiary/aromatic N) is 2. The van der Waals surface area contributed by atoms with Crippen molar-refractivity contribution < 1.29 is 0 Å². The lowest BCUT2D eigenvalue weighted by Gasteiger charge is -2.02. The third-order valence-electron chi connectivity index (χ3n) is 1.12. The van der Waals surface area contributed by atoms with Gasteiger partial charge < -0.3 is 0 Å². The second-order valence-corrected chi connectivity index (χ2v) is 2.58. The molecule has 0 spiro atoms. The first-order valence-electron chi connectivity index (χ1n) is 2.71. The van der Waals surface area contributed by atoms with Gasteiger partial charge in [0.05, 0.1) is 0 Å². The van der Waals surface area contributed by atoms with Crippen LogP contribution in [0.5, 0.6) is 0 Å². The Morgan fingerprint density at radius 3 is 2.18 bits per heavy atom. The molecule has 0 unspecified atom stereocenters. The number of allylic oxidation sites excluding steroid dienone is 4. The van der Waals surface area contributed by atoms with Crippen molar-refractivity contribution in [1.29, 1.82) is 0 Å². The van der Waals surface area contributed by atoms with Crippen LogP contribution in [0.2, 0.25) is 0 Å². The van der Waals surface area contributed by atoms with Gasteiger partial charge in [-0.1, -0.05) is 11.6 Å². The second-order valence-electron chi connectivity index (χ2n) is 1.80. The molecule has 1 aliphatic carbocycles. The van der Waals surface area contributed by atoms with E-state index in [2.05, 4.69) is 9.02 Å². The van der Waals surface area contributed by atoms with E-state index in [9.17, 15) is 0 Å². The molecule has 0 heterocycles. The number of halogens is 3. The molecule has 1 aliphatic rings. The Hall–Kier alpha value is -0.310. The summed E-state index contributed by atoms with van der Waals surface area (Å²) < 4.78 is 6.83. The molecule has 0 aromatic rings. The molecule has 58 valence electrons. The van der Waals surface area contributed by atoms with E-state index in [1.165, 1.54) is 0 Å². The molecule has 1 rings (SSSR count). The van der Waals surface area contributed by atoms with Gasteiger partial charge in [-0.3, -0.25) is 0 Å². The van der Waals surface area contributed by atoms with Gasteiger partial charge in [-0.2, -0.15) is 9.02 Å². The minimum atomic E-state index is 0.467. The molecule has 0 radical (unpaired) electrons. The lowest BCUT2D eigenvalue weighted by Crippen LogP contribution is -2.10. The SMILES string of the molecule is ClN=C1C=CC(Cl)=C/C1=N/Cl. The summed E-state index contributed by atoms with van der Waals surface area (Å²) >= 11 is 16.1. The summed E-state index contributed by atoms with van der Waals surface area (Å²) in [4.78, 5) is 0. The van der Waals surface area contributed by atoms with Crippen molar-refractivity contribution in [2.45, 2.75) is 0 Å². The van der Waals surface area contributed by atoms with Crippen LogP contribution in [-0.4, -0.2) is 11.4 Å². The zero-order valence-corrected chi connectivity index (χ0v) is 7.53. The second kappa shape index (κ2) is 3.90. The van der Waals surface area contributed by atoms with Gasteiger partial charge in [0.2, 0.25) is 0 Å². The van der Waals surface area contributed by atoms with Gasteiger partial charge in [0.25, 0.3) is 0 Å². The minimum Gasteiger partial charge on any atom is -0.176 e. The van der Waals surface area contributed by atoms with Crippen molar-refractivity contribution in [2.24, 2.45) is 9.02 Å². The lowest BCUT2D eigenvalue weighted by atomic mass is 10.1. The van der Waals surface area contributed by atoms with Crippen molar-refractivity contribution in [1.82, 2.24) is 0 Å². The van der Waals surface area contributed by atoms with E-state index >= 15 is 0 Å². The van der Waals surface area contributed by atoms with Crippen LogP contribution >= 0.6 is 35.2 Å². The Labute approximate surface area is 79.1 Å². The summed E-state index contributed by atoms with van der Waals surface area (Å²) in [6.45, 7) is 0. The van der Waals surface area contributed by atoms with Crippen molar-refractivity contribution in [3.05, 3.63) is 23.3 Å². The van der Waals surface area contributed by atoms with E-state index in [1.54, 1.807) is 18.2 Å². The Bertz CT molecular complexity index is 276. The van der Waals surface area contributed by atoms with Crippen LogP contribution in [-0.2, 0) is 0 Å². The smallest absolute Gasteiger partial charge is 0.106 e. The average Bonchev–Trinajstić information content (AvgIpc) is 2.04. The molecular formula is C6H3Cl3N2. The molecule has 0 amide bonds. The maximum absolute atomic E-state index is 5.65. The highest BCUT2D eigenvalue weighted by atomic mass is 35.5. The van der Waals surface area contributed by atoms with Crippen LogP contribution in [0.4, 0.5) is 0 Å². The van der Waals surface area contributed by atoms with E-state index in [4.69, 9.17) is 35.2 Å². The monoisotopic (exact) mass is 208 g/mol. The summed E-state index contributed by atoms with van der Waals surface area (Å²) in [5.74, 6) is 0. The highest BCUT2D eigenvalue weighted by Crippen LogP contribution is 2.11. The van der Waals surface area contributed by atoms with Crippen LogP contribution in [0.15, 0.2) is 32.3 Å². The van der Waals surface area contributed by atoms with Gasteiger partial charge >= 0.3 is 0 Å². The standard InChI is InChI=1S/C6H3Cl3N2/c7-4-1-2-5(10-8)6(3-4)11-9/h1-3H/b10-5?,11-6-. The molecule has 0 atom stereocenters. The third-order valence-corrected chi connectivity index (χ3v) is 1.72. The van der Waals surface area contributed by atoms with Gasteiger partial charge in [-0.15, -0.1) is 0 Å². The highest BCUT2D eigenvalue weighted by Gasteiger charge is 2.08. The maximum Gasteiger partial charge on any atom is 0.106 e. The summed E-state index contributed by atoms with van der Waals surface area (Å²) in [6.07, 6.45) is 4.88. The first-order valence-corrected chi connectivity index (χ1v) is 3.77. The minimum absolute atomic E-state index is 0.467. The van der Waals surface area contributed by atoms with Crippen LogP contribution in [0.25, 0.3) is 0 Å². The number of rotatable bonds is 0. The lowest BCUT2D eigenvalue weighted by molar-refractivity contribution is 1.76. The van der Waals surface area contributed by atoms with Gasteiger partial charge in [0.1, 0.15) is 11.4 Å². The molecule has 0 bridgehead atoms. The molecular weight excluding hydrogens is 206 g/mol. The topological polar surface area (TPSA) is 24.7 Å². The Balaban J connectivity index is 3.03. The third kappa shape index (κ3) is 2.06. The molecule has 5 heteroatoms. The zero-order chi connectivity index (χ0) is 8.27. The molecule has 0 aliphatic heterocycles. The Morgan fingerprint density at radius 2 is 1.64 bits per heavy atom. The van der Waals surface area contributed by atoms with Crippen LogP contribution in [0.1, 0.15) is 0 Å². The fourth-order valence-corrected chi connectivity index (χ4v) is 1.08. The van der Waals surface area contributed by atoms with Gasteiger partial charge in [-0.05, 0) is 18.2 Å². The summed E-state index contributed by atoms with van der Waals surface area (Å²) in [5, 5.41) is 0.550. The first-order chi connectivity index (χ1) is 5.27. The van der Waals surface area contributed by atoms with Gasteiger partial charge in [0, 0.05) is 28.6 Å². The summed E-state index contributed by atoms with van der Waals surface area (Å²) in [5.41, 5.74) is 0.972. The molecule has 11 heavy (non-hydrogen) atoms. The van der Waals surface area contributed by atoms with Crippen LogP contribution < -0.4 is 0 Å². The van der Waals surface area contributed by atoms with Crippen LogP contribution in [0.3, 0.4) is 0 Å². The first kappa shape index (κ1) is 8.78. The molecule has 0 N–H and O–H groups in total.